The molecule has 2 unspecified atom stereocenters. The molecule has 0 bridgehead atoms. The van der Waals surface area contributed by atoms with Gasteiger partial charge in [0.1, 0.15) is 12.3 Å². The van der Waals surface area contributed by atoms with Crippen LogP contribution in [0.5, 0.6) is 0 Å². The van der Waals surface area contributed by atoms with E-state index in [1.165, 1.54) is 32.1 Å². The predicted molar refractivity (Wildman–Crippen MR) is 154 cm³/mol. The Labute approximate surface area is 211 Å². The number of urea groups is 1. The van der Waals surface area contributed by atoms with E-state index in [0.717, 1.165) is 25.5 Å². The summed E-state index contributed by atoms with van der Waals surface area (Å²) >= 11 is 0. The molecule has 204 valence electrons. The molecule has 2 rings (SSSR count). The monoisotopic (exact) mass is 475 g/mol. The Morgan fingerprint density at radius 3 is 1.24 bits per heavy atom. The zero-order valence-corrected chi connectivity index (χ0v) is 25.8. The van der Waals surface area contributed by atoms with Crippen LogP contribution in [0.1, 0.15) is 136 Å². The smallest absolute Gasteiger partial charge is 0.323 e. The first-order chi connectivity index (χ1) is 16.0. The molecule has 5 nitrogen and oxygen atoms in total. The number of hydrogen-bond acceptors (Lipinski definition) is 3. The van der Waals surface area contributed by atoms with Gasteiger partial charge >= 0.3 is 6.03 Å². The molecule has 0 spiro atoms. The summed E-state index contributed by atoms with van der Waals surface area (Å²) in [4.78, 5) is 18.0. The zero-order valence-electron chi connectivity index (χ0n) is 25.8. The van der Waals surface area contributed by atoms with Gasteiger partial charge in [-0.15, -0.1) is 0 Å². The maximum Gasteiger partial charge on any atom is 0.323 e. The highest BCUT2D eigenvalue weighted by Crippen LogP contribution is 2.30. The molecule has 2 fully saturated rings. The maximum absolute atomic E-state index is 12.1. The second kappa shape index (κ2) is 32.8. The van der Waals surface area contributed by atoms with Gasteiger partial charge in [-0.3, -0.25) is 0 Å². The second-order valence-electron chi connectivity index (χ2n) is 6.44. The third-order valence-corrected chi connectivity index (χ3v) is 4.64. The lowest BCUT2D eigenvalue weighted by Gasteiger charge is -2.29. The number of hydrogen-bond donors (Lipinski definition) is 1. The van der Waals surface area contributed by atoms with E-state index in [1.54, 1.807) is 0 Å². The van der Waals surface area contributed by atoms with Crippen LogP contribution in [-0.4, -0.2) is 52.7 Å². The average Bonchev–Trinajstić information content (AvgIpc) is 3.34. The zero-order chi connectivity index (χ0) is 27.4. The van der Waals surface area contributed by atoms with E-state index in [0.29, 0.717) is 0 Å². The minimum Gasteiger partial charge on any atom is -0.349 e. The molecule has 0 aromatic heterocycles. The van der Waals surface area contributed by atoms with Crippen molar-refractivity contribution in [3.05, 3.63) is 12.4 Å². The van der Waals surface area contributed by atoms with Gasteiger partial charge in [-0.1, -0.05) is 122 Å². The van der Waals surface area contributed by atoms with Gasteiger partial charge in [0.2, 0.25) is 0 Å². The lowest BCUT2D eigenvalue weighted by Crippen LogP contribution is -2.45. The van der Waals surface area contributed by atoms with Crippen molar-refractivity contribution >= 4 is 6.03 Å². The minimum atomic E-state index is 0.0601. The quantitative estimate of drug-likeness (QED) is 0.417. The summed E-state index contributed by atoms with van der Waals surface area (Å²) in [6.07, 6.45) is 6.88. The number of likely N-dealkylation sites (N-methyl/N-ethyl adjacent to an activating group) is 3. The predicted octanol–water partition coefficient (Wildman–Crippen LogP) is 8.92. The van der Waals surface area contributed by atoms with E-state index in [-0.39, 0.29) is 18.4 Å². The van der Waals surface area contributed by atoms with Crippen molar-refractivity contribution in [3.63, 3.8) is 0 Å². The first kappa shape index (κ1) is 41.8. The molecular weight excluding hydrogens is 408 g/mol. The number of carbonyl (C=O) groups is 1. The Bertz CT molecular complexity index is 382. The van der Waals surface area contributed by atoms with Crippen molar-refractivity contribution in [1.29, 1.82) is 0 Å². The fourth-order valence-corrected chi connectivity index (χ4v) is 3.02. The van der Waals surface area contributed by atoms with Crippen LogP contribution in [0.3, 0.4) is 0 Å². The topological polar surface area (TPSA) is 38.8 Å². The van der Waals surface area contributed by atoms with Crippen LogP contribution in [0.15, 0.2) is 12.4 Å². The van der Waals surface area contributed by atoms with Crippen LogP contribution >= 0.6 is 0 Å². The molecule has 0 aliphatic carbocycles. The van der Waals surface area contributed by atoms with Gasteiger partial charge in [-0.25, -0.2) is 4.79 Å². The molecular formula is C28H66N4O. The summed E-state index contributed by atoms with van der Waals surface area (Å²) in [5.74, 6) is 0.918. The molecule has 2 amide bonds. The fraction of sp³-hybridized carbons (Fsp3) is 0.893. The molecule has 5 heteroatoms. The van der Waals surface area contributed by atoms with E-state index < -0.39 is 0 Å². The van der Waals surface area contributed by atoms with E-state index in [1.807, 2.05) is 79.0 Å². The number of unbranched alkanes of at least 4 members (excludes halogenated alkanes) is 3. The number of fused-ring (bicyclic) bond motifs is 1. The Hall–Kier alpha value is -1.39. The number of rotatable bonds is 6. The van der Waals surface area contributed by atoms with Gasteiger partial charge in [-0.05, 0) is 20.8 Å². The second-order valence-corrected chi connectivity index (χ2v) is 6.44. The van der Waals surface area contributed by atoms with Crippen molar-refractivity contribution in [2.75, 3.05) is 19.6 Å². The van der Waals surface area contributed by atoms with Gasteiger partial charge in [0.25, 0.3) is 0 Å². The van der Waals surface area contributed by atoms with E-state index in [2.05, 4.69) is 51.4 Å². The largest absolute Gasteiger partial charge is 0.349 e. The first-order valence-electron chi connectivity index (χ1n) is 14.3. The molecule has 0 aromatic rings. The normalized spacial score (nSPS) is 16.9. The fourth-order valence-electron chi connectivity index (χ4n) is 3.02. The SMILES string of the molecule is C=C1NC2C(N1CC)N(CC)C(=O)N2CC.CC.CC.CC.CC.CCCC.CCCCC. The van der Waals surface area contributed by atoms with Gasteiger partial charge in [0.05, 0.1) is 5.82 Å². The summed E-state index contributed by atoms with van der Waals surface area (Å²) in [7, 11) is 0. The van der Waals surface area contributed by atoms with Crippen LogP contribution in [0.2, 0.25) is 0 Å². The standard InChI is InChI=1S/C11H20N4O.C5H12.C4H10.4C2H6/c1-5-13-8(4)12-9-10(13)15(7-3)11(16)14(9)6-2;1-3-5-4-2;1-3-4-2;4*1-2/h9-10,12H,4-7H2,1-3H3;3-5H2,1-2H3;3-4H2,1-2H3;4*1-2H3. The highest BCUT2D eigenvalue weighted by atomic mass is 16.2. The molecule has 2 atom stereocenters. The molecule has 33 heavy (non-hydrogen) atoms. The molecule has 2 aliphatic heterocycles. The van der Waals surface area contributed by atoms with Crippen molar-refractivity contribution in [1.82, 2.24) is 20.0 Å². The minimum absolute atomic E-state index is 0.0601. The lowest BCUT2D eigenvalue weighted by molar-refractivity contribution is 0.143. The van der Waals surface area contributed by atoms with Gasteiger partial charge < -0.3 is 20.0 Å². The number of nitrogens with zero attached hydrogens (tertiary/aromatic N) is 3. The summed E-state index contributed by atoms with van der Waals surface area (Å²) in [6.45, 7) is 37.2. The Morgan fingerprint density at radius 1 is 0.636 bits per heavy atom. The lowest BCUT2D eigenvalue weighted by atomic mass is 10.3. The molecule has 0 saturated carbocycles. The van der Waals surface area contributed by atoms with E-state index in [4.69, 9.17) is 0 Å². The van der Waals surface area contributed by atoms with Gasteiger partial charge in [-0.2, -0.15) is 0 Å². The molecule has 2 saturated heterocycles. The number of amides is 2. The van der Waals surface area contributed by atoms with E-state index >= 15 is 0 Å². The third kappa shape index (κ3) is 16.0. The van der Waals surface area contributed by atoms with Crippen molar-refractivity contribution in [2.45, 2.75) is 148 Å². The van der Waals surface area contributed by atoms with Gasteiger partial charge in [0.15, 0.2) is 0 Å². The average molecular weight is 475 g/mol. The summed E-state index contributed by atoms with van der Waals surface area (Å²) in [6, 6.07) is 0.124. The molecule has 2 aliphatic rings. The Kier molecular flexibility index (Phi) is 41.6. The van der Waals surface area contributed by atoms with Crippen LogP contribution < -0.4 is 5.32 Å². The molecule has 1 N–H and O–H groups in total. The molecule has 2 heterocycles. The summed E-state index contributed by atoms with van der Waals surface area (Å²) in [5.41, 5.74) is 0. The highest BCUT2D eigenvalue weighted by Gasteiger charge is 2.51. The summed E-state index contributed by atoms with van der Waals surface area (Å²) < 4.78 is 0. The number of nitrogens with one attached hydrogen (secondary N) is 1. The molecule has 0 radical (unpaired) electrons. The van der Waals surface area contributed by atoms with Crippen LogP contribution in [-0.2, 0) is 0 Å². The van der Waals surface area contributed by atoms with Crippen molar-refractivity contribution in [3.8, 4) is 0 Å². The van der Waals surface area contributed by atoms with E-state index in [9.17, 15) is 4.79 Å². The van der Waals surface area contributed by atoms with Gasteiger partial charge in [0, 0.05) is 19.6 Å². The third-order valence-electron chi connectivity index (χ3n) is 4.64. The van der Waals surface area contributed by atoms with Crippen molar-refractivity contribution < 1.29 is 4.79 Å². The summed E-state index contributed by atoms with van der Waals surface area (Å²) in [5, 5.41) is 3.31. The Morgan fingerprint density at radius 2 is 1.00 bits per heavy atom. The maximum atomic E-state index is 12.1. The van der Waals surface area contributed by atoms with Crippen molar-refractivity contribution in [2.24, 2.45) is 0 Å². The Balaban J connectivity index is -0.000000128. The first-order valence-corrected chi connectivity index (χ1v) is 14.3. The van der Waals surface area contributed by atoms with Crippen LogP contribution in [0.4, 0.5) is 4.79 Å². The van der Waals surface area contributed by atoms with Crippen LogP contribution in [0.25, 0.3) is 0 Å². The van der Waals surface area contributed by atoms with Crippen LogP contribution in [0, 0.1) is 0 Å². The molecule has 0 aromatic carbocycles. The highest BCUT2D eigenvalue weighted by molar-refractivity contribution is 5.78. The number of carbonyl (C=O) groups excluding carboxylic acids is 1.